The average molecular weight is 153 g/mol. The Morgan fingerprint density at radius 2 is 2.36 bits per heavy atom. The molecule has 1 heterocycles. The molecule has 0 atom stereocenters. The molecule has 5 heteroatoms. The standard InChI is InChI=1S/C6H7N3O2/c7-6(8-10)5-3-1-2-4-9(5)11/h1-4,10H,(H2,7,8). The lowest BCUT2D eigenvalue weighted by Gasteiger charge is -1.99. The molecule has 0 spiro atoms. The fourth-order valence-corrected chi connectivity index (χ4v) is 0.678. The first-order chi connectivity index (χ1) is 5.25. The topological polar surface area (TPSA) is 85.5 Å². The Morgan fingerprint density at radius 1 is 1.64 bits per heavy atom. The maximum Gasteiger partial charge on any atom is 0.262 e. The van der Waals surface area contributed by atoms with Crippen LogP contribution in [0.15, 0.2) is 29.6 Å². The molecule has 11 heavy (non-hydrogen) atoms. The third kappa shape index (κ3) is 1.37. The Hall–Kier alpha value is -1.78. The Kier molecular flexibility index (Phi) is 1.91. The minimum absolute atomic E-state index is 0.134. The maximum absolute atomic E-state index is 10.9. The van der Waals surface area contributed by atoms with Crippen LogP contribution in [0.2, 0.25) is 0 Å². The first kappa shape index (κ1) is 7.33. The van der Waals surface area contributed by atoms with Crippen LogP contribution in [-0.4, -0.2) is 11.0 Å². The highest BCUT2D eigenvalue weighted by atomic mass is 16.5. The molecule has 5 nitrogen and oxygen atoms in total. The molecular weight excluding hydrogens is 146 g/mol. The van der Waals surface area contributed by atoms with Gasteiger partial charge in [0.25, 0.3) is 5.69 Å². The minimum Gasteiger partial charge on any atom is -0.618 e. The second-order valence-electron chi connectivity index (χ2n) is 1.90. The van der Waals surface area contributed by atoms with Gasteiger partial charge in [-0.05, 0) is 6.07 Å². The van der Waals surface area contributed by atoms with E-state index in [1.807, 2.05) is 0 Å². The predicted molar refractivity (Wildman–Crippen MR) is 37.9 cm³/mol. The summed E-state index contributed by atoms with van der Waals surface area (Å²) in [7, 11) is 0. The summed E-state index contributed by atoms with van der Waals surface area (Å²) in [5.74, 6) is -0.194. The number of nitrogens with zero attached hydrogens (tertiary/aromatic N) is 2. The summed E-state index contributed by atoms with van der Waals surface area (Å²) in [5.41, 5.74) is 5.31. The van der Waals surface area contributed by atoms with E-state index in [9.17, 15) is 5.21 Å². The van der Waals surface area contributed by atoms with Gasteiger partial charge >= 0.3 is 0 Å². The third-order valence-corrected chi connectivity index (χ3v) is 1.19. The number of aromatic nitrogens is 1. The van der Waals surface area contributed by atoms with Crippen LogP contribution in [0.4, 0.5) is 0 Å². The van der Waals surface area contributed by atoms with Crippen molar-refractivity contribution in [3.8, 4) is 0 Å². The number of hydrogen-bond acceptors (Lipinski definition) is 3. The lowest BCUT2D eigenvalue weighted by molar-refractivity contribution is -0.607. The molecule has 0 aliphatic rings. The highest BCUT2D eigenvalue weighted by Gasteiger charge is 2.07. The van der Waals surface area contributed by atoms with Gasteiger partial charge in [0, 0.05) is 12.1 Å². The van der Waals surface area contributed by atoms with E-state index in [1.165, 1.54) is 12.3 Å². The van der Waals surface area contributed by atoms with Crippen molar-refractivity contribution in [3.63, 3.8) is 0 Å². The van der Waals surface area contributed by atoms with Crippen LogP contribution in [-0.2, 0) is 0 Å². The van der Waals surface area contributed by atoms with Crippen molar-refractivity contribution in [2.45, 2.75) is 0 Å². The highest BCUT2D eigenvalue weighted by Crippen LogP contribution is 1.88. The van der Waals surface area contributed by atoms with Gasteiger partial charge in [-0.15, -0.1) is 0 Å². The van der Waals surface area contributed by atoms with Gasteiger partial charge in [0.1, 0.15) is 0 Å². The Labute approximate surface area is 63.0 Å². The average Bonchev–Trinajstić information content (AvgIpc) is 2.04. The zero-order valence-corrected chi connectivity index (χ0v) is 5.64. The molecule has 0 fully saturated rings. The van der Waals surface area contributed by atoms with Crippen LogP contribution in [0.25, 0.3) is 0 Å². The van der Waals surface area contributed by atoms with E-state index in [4.69, 9.17) is 10.9 Å². The van der Waals surface area contributed by atoms with Crippen molar-refractivity contribution in [1.82, 2.24) is 0 Å². The number of oxime groups is 1. The summed E-state index contributed by atoms with van der Waals surface area (Å²) in [6.45, 7) is 0. The van der Waals surface area contributed by atoms with E-state index in [0.29, 0.717) is 4.73 Å². The molecule has 0 bridgehead atoms. The first-order valence-electron chi connectivity index (χ1n) is 2.92. The number of nitrogens with two attached hydrogens (primary N) is 1. The molecule has 1 aromatic heterocycles. The number of pyridine rings is 1. The monoisotopic (exact) mass is 153 g/mol. The van der Waals surface area contributed by atoms with E-state index in [0.717, 1.165) is 0 Å². The Bertz CT molecular complexity index is 285. The van der Waals surface area contributed by atoms with Crippen LogP contribution in [0.5, 0.6) is 0 Å². The second-order valence-corrected chi connectivity index (χ2v) is 1.90. The van der Waals surface area contributed by atoms with Crippen molar-refractivity contribution in [3.05, 3.63) is 35.3 Å². The fraction of sp³-hybridized carbons (Fsp3) is 0. The van der Waals surface area contributed by atoms with Gasteiger partial charge in [-0.1, -0.05) is 5.16 Å². The van der Waals surface area contributed by atoms with E-state index in [-0.39, 0.29) is 11.5 Å². The minimum atomic E-state index is -0.194. The number of rotatable bonds is 1. The third-order valence-electron chi connectivity index (χ3n) is 1.19. The molecule has 0 saturated heterocycles. The predicted octanol–water partition coefficient (Wildman–Crippen LogP) is -0.586. The van der Waals surface area contributed by atoms with Gasteiger partial charge < -0.3 is 16.1 Å². The number of amidine groups is 1. The van der Waals surface area contributed by atoms with E-state index in [2.05, 4.69) is 5.16 Å². The molecule has 58 valence electrons. The normalized spacial score (nSPS) is 11.5. The highest BCUT2D eigenvalue weighted by molar-refractivity contribution is 5.93. The molecule has 0 aromatic carbocycles. The van der Waals surface area contributed by atoms with E-state index >= 15 is 0 Å². The molecule has 0 aliphatic carbocycles. The summed E-state index contributed by atoms with van der Waals surface area (Å²) in [6.07, 6.45) is 1.27. The summed E-state index contributed by atoms with van der Waals surface area (Å²) in [5, 5.41) is 21.8. The quantitative estimate of drug-likeness (QED) is 0.141. The SMILES string of the molecule is N/C(=N/O)c1cccc[n+]1[O-]. The van der Waals surface area contributed by atoms with E-state index in [1.54, 1.807) is 12.1 Å². The van der Waals surface area contributed by atoms with Crippen LogP contribution in [0.1, 0.15) is 5.69 Å². The first-order valence-corrected chi connectivity index (χ1v) is 2.92. The largest absolute Gasteiger partial charge is 0.618 e. The van der Waals surface area contributed by atoms with Crippen molar-refractivity contribution < 1.29 is 9.94 Å². The molecule has 0 saturated carbocycles. The second kappa shape index (κ2) is 2.87. The Balaban J connectivity index is 3.14. The molecule has 0 aliphatic heterocycles. The van der Waals surface area contributed by atoms with Gasteiger partial charge in [-0.25, -0.2) is 0 Å². The lowest BCUT2D eigenvalue weighted by atomic mass is 10.3. The Morgan fingerprint density at radius 3 is 2.91 bits per heavy atom. The van der Waals surface area contributed by atoms with Gasteiger partial charge in [-0.3, -0.25) is 0 Å². The summed E-state index contributed by atoms with van der Waals surface area (Å²) < 4.78 is 0.523. The number of hydrogen-bond donors (Lipinski definition) is 2. The summed E-state index contributed by atoms with van der Waals surface area (Å²) in [4.78, 5) is 0. The molecule has 0 amide bonds. The van der Waals surface area contributed by atoms with Crippen molar-refractivity contribution >= 4 is 5.84 Å². The van der Waals surface area contributed by atoms with Crippen LogP contribution < -0.4 is 10.5 Å². The van der Waals surface area contributed by atoms with Crippen molar-refractivity contribution in [2.75, 3.05) is 0 Å². The fourth-order valence-electron chi connectivity index (χ4n) is 0.678. The zero-order chi connectivity index (χ0) is 8.27. The van der Waals surface area contributed by atoms with Crippen molar-refractivity contribution in [2.24, 2.45) is 10.9 Å². The summed E-state index contributed by atoms with van der Waals surface area (Å²) >= 11 is 0. The molecule has 1 aromatic rings. The maximum atomic E-state index is 10.9. The lowest BCUT2D eigenvalue weighted by Crippen LogP contribution is -2.36. The molecule has 0 radical (unpaired) electrons. The van der Waals surface area contributed by atoms with Crippen LogP contribution in [0.3, 0.4) is 0 Å². The summed E-state index contributed by atoms with van der Waals surface area (Å²) in [6, 6.07) is 4.64. The molecule has 1 rings (SSSR count). The zero-order valence-electron chi connectivity index (χ0n) is 5.64. The molecule has 0 unspecified atom stereocenters. The van der Waals surface area contributed by atoms with Gasteiger partial charge in [-0.2, -0.15) is 4.73 Å². The molecule has 3 N–H and O–H groups in total. The van der Waals surface area contributed by atoms with Gasteiger partial charge in [0.15, 0.2) is 6.20 Å². The molecular formula is C6H7N3O2. The van der Waals surface area contributed by atoms with Gasteiger partial charge in [0.05, 0.1) is 0 Å². The van der Waals surface area contributed by atoms with Gasteiger partial charge in [0.2, 0.25) is 5.84 Å². The van der Waals surface area contributed by atoms with Crippen LogP contribution >= 0.6 is 0 Å². The van der Waals surface area contributed by atoms with Crippen LogP contribution in [0, 0.1) is 5.21 Å². The smallest absolute Gasteiger partial charge is 0.262 e. The van der Waals surface area contributed by atoms with E-state index < -0.39 is 0 Å². The van der Waals surface area contributed by atoms with Crippen molar-refractivity contribution in [1.29, 1.82) is 0 Å².